The number of halogens is 3. The normalized spacial score (nSPS) is 16.4. The minimum atomic E-state index is -0.211. The summed E-state index contributed by atoms with van der Waals surface area (Å²) in [6, 6.07) is 12.7. The molecule has 1 unspecified atom stereocenters. The first-order valence-corrected chi connectivity index (χ1v) is 15.2. The van der Waals surface area contributed by atoms with Crippen LogP contribution in [0.5, 0.6) is 0 Å². The number of pyridine rings is 1. The predicted octanol–water partition coefficient (Wildman–Crippen LogP) is 7.05. The number of nitrogens with one attached hydrogen (secondary N) is 1. The molecule has 220 valence electrons. The Morgan fingerprint density at radius 1 is 0.976 bits per heavy atom. The molecule has 1 atom stereocenters. The van der Waals surface area contributed by atoms with Crippen LogP contribution < -0.4 is 10.2 Å². The monoisotopic (exact) mass is 625 g/mol. The molecule has 0 spiro atoms. The summed E-state index contributed by atoms with van der Waals surface area (Å²) in [5.74, 6) is 0.346. The van der Waals surface area contributed by atoms with Gasteiger partial charge in [-0.2, -0.15) is 0 Å². The van der Waals surface area contributed by atoms with Crippen LogP contribution in [-0.2, 0) is 6.54 Å². The van der Waals surface area contributed by atoms with Crippen molar-refractivity contribution in [1.29, 1.82) is 0 Å². The third-order valence-electron chi connectivity index (χ3n) is 7.97. The van der Waals surface area contributed by atoms with Crippen LogP contribution in [0.3, 0.4) is 0 Å². The van der Waals surface area contributed by atoms with E-state index in [1.807, 2.05) is 62.2 Å². The number of hydrogen-bond donors (Lipinski definition) is 1. The van der Waals surface area contributed by atoms with Gasteiger partial charge in [-0.05, 0) is 79.8 Å². The van der Waals surface area contributed by atoms with Crippen molar-refractivity contribution in [3.63, 3.8) is 0 Å². The molecule has 3 aromatic rings. The van der Waals surface area contributed by atoms with E-state index in [9.17, 15) is 9.59 Å². The van der Waals surface area contributed by atoms with E-state index in [-0.39, 0.29) is 11.9 Å². The molecule has 5 rings (SSSR count). The number of nitrogens with zero attached hydrogens (tertiary/aromatic N) is 4. The van der Waals surface area contributed by atoms with E-state index in [1.54, 1.807) is 23.2 Å². The molecule has 3 amide bonds. The van der Waals surface area contributed by atoms with Gasteiger partial charge in [0.2, 0.25) is 0 Å². The van der Waals surface area contributed by atoms with E-state index in [4.69, 9.17) is 34.8 Å². The maximum absolute atomic E-state index is 13.4. The maximum Gasteiger partial charge on any atom is 0.322 e. The molecule has 1 N–H and O–H groups in total. The molecule has 10 heteroatoms. The van der Waals surface area contributed by atoms with Gasteiger partial charge in [0, 0.05) is 68.3 Å². The number of urea groups is 1. The van der Waals surface area contributed by atoms with Gasteiger partial charge in [0.25, 0.3) is 5.91 Å². The third kappa shape index (κ3) is 6.76. The smallest absolute Gasteiger partial charge is 0.322 e. The Labute approximate surface area is 262 Å². The van der Waals surface area contributed by atoms with Crippen LogP contribution >= 0.6 is 34.8 Å². The van der Waals surface area contributed by atoms with Crippen molar-refractivity contribution in [2.75, 3.05) is 37.6 Å². The molecule has 0 saturated carbocycles. The zero-order chi connectivity index (χ0) is 30.0. The molecule has 1 fully saturated rings. The molecule has 0 aliphatic carbocycles. The molecule has 0 radical (unpaired) electrons. The van der Waals surface area contributed by atoms with Crippen molar-refractivity contribution in [2.24, 2.45) is 5.92 Å². The molecule has 3 heterocycles. The Hall–Kier alpha value is -3.10. The average Bonchev–Trinajstić information content (AvgIpc) is 3.52. The third-order valence-corrected chi connectivity index (χ3v) is 9.11. The van der Waals surface area contributed by atoms with Crippen molar-refractivity contribution < 1.29 is 9.59 Å². The van der Waals surface area contributed by atoms with Gasteiger partial charge in [0.15, 0.2) is 0 Å². The molecule has 2 aliphatic heterocycles. The molecule has 42 heavy (non-hydrogen) atoms. The van der Waals surface area contributed by atoms with Gasteiger partial charge in [-0.15, -0.1) is 0 Å². The van der Waals surface area contributed by atoms with E-state index in [2.05, 4.69) is 15.2 Å². The van der Waals surface area contributed by atoms with Crippen molar-refractivity contribution in [1.82, 2.24) is 20.1 Å². The second-order valence-corrected chi connectivity index (χ2v) is 12.2. The standard InChI is InChI=1S/C32H34Cl3N5O2/c1-20-5-7-26(14-28(20)34)40(32(42)37-15-23-6-8-27(33)29(35)13-23)12-4-11-38-16-24-18-39(19-25(24)17-38)31(41)30-21(2)9-10-36-22(30)3/h5-10,13-14,18,25H,4,11-12,15-17,19H2,1-3H3,(H,37,42). The summed E-state index contributed by atoms with van der Waals surface area (Å²) in [6.07, 6.45) is 4.54. The molecular formula is C32H34Cl3N5O2. The zero-order valence-corrected chi connectivity index (χ0v) is 26.2. The van der Waals surface area contributed by atoms with Gasteiger partial charge in [0.05, 0.1) is 21.3 Å². The molecule has 7 nitrogen and oxygen atoms in total. The number of aryl methyl sites for hydroxylation is 3. The van der Waals surface area contributed by atoms with Gasteiger partial charge in [-0.3, -0.25) is 19.6 Å². The Morgan fingerprint density at radius 3 is 2.50 bits per heavy atom. The fourth-order valence-electron chi connectivity index (χ4n) is 5.64. The Morgan fingerprint density at radius 2 is 1.79 bits per heavy atom. The van der Waals surface area contributed by atoms with Gasteiger partial charge in [-0.25, -0.2) is 4.79 Å². The molecule has 0 bridgehead atoms. The van der Waals surface area contributed by atoms with Crippen LogP contribution in [-0.4, -0.2) is 59.4 Å². The van der Waals surface area contributed by atoms with Crippen LogP contribution in [0.4, 0.5) is 10.5 Å². The summed E-state index contributed by atoms with van der Waals surface area (Å²) < 4.78 is 0. The van der Waals surface area contributed by atoms with Gasteiger partial charge < -0.3 is 10.2 Å². The number of rotatable bonds is 8. The van der Waals surface area contributed by atoms with Crippen LogP contribution in [0.1, 0.15) is 39.2 Å². The van der Waals surface area contributed by atoms with Gasteiger partial charge in [-0.1, -0.05) is 46.9 Å². The Kier molecular flexibility index (Phi) is 9.43. The lowest BCUT2D eigenvalue weighted by Gasteiger charge is -2.25. The Bertz CT molecular complexity index is 1520. The zero-order valence-electron chi connectivity index (χ0n) is 24.0. The number of carbonyl (C=O) groups is 2. The first kappa shape index (κ1) is 30.4. The molecule has 2 aromatic carbocycles. The number of anilines is 1. The summed E-state index contributed by atoms with van der Waals surface area (Å²) in [4.78, 5) is 36.9. The second kappa shape index (κ2) is 13.0. The summed E-state index contributed by atoms with van der Waals surface area (Å²) in [5, 5.41) is 4.54. The Balaban J connectivity index is 1.19. The van der Waals surface area contributed by atoms with E-state index in [1.165, 1.54) is 5.57 Å². The lowest BCUT2D eigenvalue weighted by Crippen LogP contribution is -2.41. The number of amides is 3. The van der Waals surface area contributed by atoms with Crippen molar-refractivity contribution in [3.8, 4) is 0 Å². The second-order valence-electron chi connectivity index (χ2n) is 11.0. The summed E-state index contributed by atoms with van der Waals surface area (Å²) in [7, 11) is 0. The van der Waals surface area contributed by atoms with Crippen molar-refractivity contribution >= 4 is 52.4 Å². The molecule has 1 aromatic heterocycles. The van der Waals surface area contributed by atoms with E-state index < -0.39 is 0 Å². The van der Waals surface area contributed by atoms with Crippen LogP contribution in [0.25, 0.3) is 0 Å². The largest absolute Gasteiger partial charge is 0.334 e. The number of carbonyl (C=O) groups excluding carboxylic acids is 2. The number of aromatic nitrogens is 1. The number of benzene rings is 2. The minimum Gasteiger partial charge on any atom is -0.334 e. The van der Waals surface area contributed by atoms with E-state index in [0.29, 0.717) is 46.2 Å². The highest BCUT2D eigenvalue weighted by molar-refractivity contribution is 6.42. The SMILES string of the molecule is Cc1ccc(N(CCCN2CC3=CN(C(=O)c4c(C)ccnc4C)CC3C2)C(=O)NCc2ccc(Cl)c(Cl)c2)cc1Cl. The number of hydrogen-bond acceptors (Lipinski definition) is 4. The fourth-order valence-corrected chi connectivity index (χ4v) is 6.13. The van der Waals surface area contributed by atoms with Crippen molar-refractivity contribution in [3.05, 3.63) is 103 Å². The van der Waals surface area contributed by atoms with Crippen molar-refractivity contribution in [2.45, 2.75) is 33.7 Å². The van der Waals surface area contributed by atoms with Gasteiger partial charge >= 0.3 is 6.03 Å². The van der Waals surface area contributed by atoms with E-state index >= 15 is 0 Å². The highest BCUT2D eigenvalue weighted by Gasteiger charge is 2.36. The van der Waals surface area contributed by atoms with Crippen LogP contribution in [0.2, 0.25) is 15.1 Å². The highest BCUT2D eigenvalue weighted by atomic mass is 35.5. The first-order valence-electron chi connectivity index (χ1n) is 14.0. The highest BCUT2D eigenvalue weighted by Crippen LogP contribution is 2.31. The number of likely N-dealkylation sites (tertiary alicyclic amines) is 1. The van der Waals surface area contributed by atoms with E-state index in [0.717, 1.165) is 54.1 Å². The summed E-state index contributed by atoms with van der Waals surface area (Å²) in [5.41, 5.74) is 6.24. The quantitative estimate of drug-likeness (QED) is 0.291. The van der Waals surface area contributed by atoms with Crippen LogP contribution in [0.15, 0.2) is 60.4 Å². The number of fused-ring (bicyclic) bond motifs is 1. The average molecular weight is 627 g/mol. The lowest BCUT2D eigenvalue weighted by atomic mass is 10.1. The first-order chi connectivity index (χ1) is 20.1. The minimum absolute atomic E-state index is 0.0193. The molecular weight excluding hydrogens is 593 g/mol. The summed E-state index contributed by atoms with van der Waals surface area (Å²) in [6.45, 7) is 9.84. The lowest BCUT2D eigenvalue weighted by molar-refractivity contribution is 0.0818. The molecule has 1 saturated heterocycles. The fraction of sp³-hybridized carbons (Fsp3) is 0.344. The maximum atomic E-state index is 13.4. The molecule has 2 aliphatic rings. The van der Waals surface area contributed by atoms with Crippen LogP contribution in [0, 0.1) is 26.7 Å². The van der Waals surface area contributed by atoms with Gasteiger partial charge in [0.1, 0.15) is 0 Å². The predicted molar refractivity (Wildman–Crippen MR) is 170 cm³/mol. The topological polar surface area (TPSA) is 68.8 Å². The summed E-state index contributed by atoms with van der Waals surface area (Å²) >= 11 is 18.6.